The van der Waals surface area contributed by atoms with E-state index in [-0.39, 0.29) is 12.1 Å². The van der Waals surface area contributed by atoms with E-state index in [0.29, 0.717) is 11.8 Å². The Morgan fingerprint density at radius 3 is 1.93 bits per heavy atom. The molecule has 9 aromatic rings. The third-order valence-electron chi connectivity index (χ3n) is 13.7. The molecule has 0 saturated carbocycles. The Kier molecular flexibility index (Phi) is 7.16. The Balaban J connectivity index is 1.11. The van der Waals surface area contributed by atoms with Gasteiger partial charge < -0.3 is 14.4 Å². The number of thiophene rings is 1. The van der Waals surface area contributed by atoms with E-state index in [1.165, 1.54) is 81.5 Å². The highest BCUT2D eigenvalue weighted by Gasteiger charge is 2.46. The molecular formula is C55H40BN3S. The molecule has 0 N–H and O–H groups in total. The van der Waals surface area contributed by atoms with Crippen LogP contribution in [0.2, 0.25) is 0 Å². The van der Waals surface area contributed by atoms with Gasteiger partial charge in [-0.2, -0.15) is 0 Å². The summed E-state index contributed by atoms with van der Waals surface area (Å²) in [5.74, 6) is 0.803. The molecule has 60 heavy (non-hydrogen) atoms. The summed E-state index contributed by atoms with van der Waals surface area (Å²) in [7, 11) is 0. The maximum absolute atomic E-state index is 2.64. The molecule has 4 aliphatic rings. The van der Waals surface area contributed by atoms with E-state index in [4.69, 9.17) is 0 Å². The van der Waals surface area contributed by atoms with Gasteiger partial charge >= 0.3 is 0 Å². The van der Waals surface area contributed by atoms with Gasteiger partial charge in [-0.1, -0.05) is 147 Å². The third-order valence-corrected chi connectivity index (χ3v) is 14.9. The Bertz CT molecular complexity index is 3280. The van der Waals surface area contributed by atoms with Crippen molar-refractivity contribution < 1.29 is 0 Å². The number of rotatable bonds is 6. The second kappa shape index (κ2) is 12.6. The van der Waals surface area contributed by atoms with Crippen molar-refractivity contribution in [2.24, 2.45) is 11.8 Å². The normalized spacial score (nSPS) is 17.6. The second-order valence-corrected chi connectivity index (χ2v) is 18.3. The average molecular weight is 786 g/mol. The zero-order chi connectivity index (χ0) is 39.7. The number of nitrogens with zero attached hydrogens (tertiary/aromatic N) is 3. The summed E-state index contributed by atoms with van der Waals surface area (Å²) in [6.45, 7) is 5.00. The first-order valence-electron chi connectivity index (χ1n) is 21.1. The smallest absolute Gasteiger partial charge is 0.247 e. The van der Waals surface area contributed by atoms with Crippen LogP contribution in [0.15, 0.2) is 200 Å². The van der Waals surface area contributed by atoms with E-state index in [9.17, 15) is 0 Å². The third kappa shape index (κ3) is 4.67. The van der Waals surface area contributed by atoms with E-state index in [2.05, 4.69) is 222 Å². The summed E-state index contributed by atoms with van der Waals surface area (Å²) in [5, 5.41) is 2.65. The molecule has 0 bridgehead atoms. The van der Waals surface area contributed by atoms with Gasteiger partial charge in [0.1, 0.15) is 0 Å². The van der Waals surface area contributed by atoms with Gasteiger partial charge in [-0.15, -0.1) is 11.3 Å². The van der Waals surface area contributed by atoms with E-state index < -0.39 is 0 Å². The van der Waals surface area contributed by atoms with E-state index in [1.54, 1.807) is 0 Å². The molecule has 0 saturated heterocycles. The van der Waals surface area contributed by atoms with Gasteiger partial charge in [-0.3, -0.25) is 0 Å². The first kappa shape index (κ1) is 34.1. The fourth-order valence-electron chi connectivity index (χ4n) is 11.0. The molecule has 0 radical (unpaired) electrons. The number of aromatic nitrogens is 1. The molecule has 0 spiro atoms. The number of allylic oxidation sites excluding steroid dienone is 5. The lowest BCUT2D eigenvalue weighted by Gasteiger charge is -2.44. The maximum Gasteiger partial charge on any atom is 0.247 e. The molecule has 5 heteroatoms. The molecule has 13 rings (SSSR count). The molecule has 2 aromatic heterocycles. The van der Waals surface area contributed by atoms with Crippen LogP contribution in [-0.4, -0.2) is 11.3 Å². The van der Waals surface area contributed by atoms with E-state index >= 15 is 0 Å². The van der Waals surface area contributed by atoms with Gasteiger partial charge in [0.2, 0.25) is 6.71 Å². The number of anilines is 5. The van der Waals surface area contributed by atoms with Crippen molar-refractivity contribution in [2.75, 3.05) is 9.80 Å². The summed E-state index contributed by atoms with van der Waals surface area (Å²) < 4.78 is 5.33. The minimum Gasteiger partial charge on any atom is -0.314 e. The van der Waals surface area contributed by atoms with Crippen LogP contribution >= 0.6 is 11.3 Å². The van der Waals surface area contributed by atoms with E-state index in [1.807, 2.05) is 11.3 Å². The quantitative estimate of drug-likeness (QED) is 0.156. The first-order valence-corrected chi connectivity index (χ1v) is 22.0. The van der Waals surface area contributed by atoms with Gasteiger partial charge in [0.05, 0.1) is 15.7 Å². The summed E-state index contributed by atoms with van der Waals surface area (Å²) in [5.41, 5.74) is 17.7. The highest BCUT2D eigenvalue weighted by Crippen LogP contribution is 2.49. The van der Waals surface area contributed by atoms with E-state index in [0.717, 1.165) is 17.1 Å². The predicted octanol–water partition coefficient (Wildman–Crippen LogP) is 12.3. The fraction of sp³-hybridized carbons (Fsp3) is 0.0909. The summed E-state index contributed by atoms with van der Waals surface area (Å²) in [4.78, 5) is 4.96. The monoisotopic (exact) mass is 785 g/mol. The van der Waals surface area contributed by atoms with Crippen LogP contribution in [0.5, 0.6) is 0 Å². The molecule has 0 fully saturated rings. The molecule has 7 aromatic carbocycles. The Labute approximate surface area is 354 Å². The van der Waals surface area contributed by atoms with Gasteiger partial charge in [-0.05, 0) is 88.8 Å². The van der Waals surface area contributed by atoms with Crippen molar-refractivity contribution in [1.29, 1.82) is 0 Å². The molecular weight excluding hydrogens is 746 g/mol. The van der Waals surface area contributed by atoms with Gasteiger partial charge in [-0.25, -0.2) is 0 Å². The zero-order valence-electron chi connectivity index (χ0n) is 33.5. The summed E-state index contributed by atoms with van der Waals surface area (Å²) in [6.07, 6.45) is 11.5. The number of fused-ring (bicyclic) bond motifs is 10. The Hall–Kier alpha value is -6.82. The SMILES string of the molecule is CC1(C)c2cc(N(C3=C[C@H]4C=CC=CC34)c3ccccc3)ccc2B2c3c(cc(N(c4ccccc4)c4ccccc4)cc31)-n1c3c2cccc3c2sc3ccccc3c21. The van der Waals surface area contributed by atoms with Crippen LogP contribution < -0.4 is 26.2 Å². The zero-order valence-corrected chi connectivity index (χ0v) is 34.3. The lowest BCUT2D eigenvalue weighted by molar-refractivity contribution is 0.545. The van der Waals surface area contributed by atoms with Gasteiger partial charge in [0.15, 0.2) is 0 Å². The topological polar surface area (TPSA) is 11.4 Å². The maximum atomic E-state index is 2.64. The molecule has 1 unspecified atom stereocenters. The molecule has 2 atom stereocenters. The standard InChI is InChI=1S/C55H40BN3S/c1-55(2)44-32-39(58(38-22-10-5-11-23-38)48-31-35-17-12-13-24-41(35)48)29-30-46(44)56-47-27-16-26-43-52(47)59(53-42-25-14-15-28-50(42)60-54(43)53)49-34-40(33-45(55)51(49)56)57(36-18-6-3-7-19-36)37-20-8-4-9-21-37/h3-35,41H,1-2H3/t35-,41?/m1/s1. The Morgan fingerprint density at radius 1 is 0.550 bits per heavy atom. The Morgan fingerprint density at radius 2 is 1.20 bits per heavy atom. The van der Waals surface area contributed by atoms with Gasteiger partial charge in [0.25, 0.3) is 0 Å². The van der Waals surface area contributed by atoms with Crippen LogP contribution in [0.3, 0.4) is 0 Å². The minimum absolute atomic E-state index is 0.0818. The highest BCUT2D eigenvalue weighted by atomic mass is 32.1. The van der Waals surface area contributed by atoms with Gasteiger partial charge in [0, 0.05) is 72.5 Å². The summed E-state index contributed by atoms with van der Waals surface area (Å²) >= 11 is 1.93. The van der Waals surface area contributed by atoms with Crippen molar-refractivity contribution in [2.45, 2.75) is 19.3 Å². The number of para-hydroxylation sites is 4. The van der Waals surface area contributed by atoms with Crippen LogP contribution in [0.25, 0.3) is 36.9 Å². The number of benzene rings is 7. The molecule has 2 aliphatic carbocycles. The van der Waals surface area contributed by atoms with Crippen LogP contribution in [0.1, 0.15) is 25.0 Å². The molecule has 4 heterocycles. The lowest BCUT2D eigenvalue weighted by Crippen LogP contribution is -2.63. The van der Waals surface area contributed by atoms with Crippen molar-refractivity contribution >= 4 is 94.1 Å². The summed E-state index contributed by atoms with van der Waals surface area (Å²) in [6, 6.07) is 61.1. The number of hydrogen-bond acceptors (Lipinski definition) is 3. The average Bonchev–Trinajstić information content (AvgIpc) is 3.82. The van der Waals surface area contributed by atoms with Crippen LogP contribution in [0.4, 0.5) is 28.4 Å². The minimum atomic E-state index is -0.332. The van der Waals surface area contributed by atoms with Crippen molar-refractivity contribution in [1.82, 2.24) is 4.57 Å². The lowest BCUT2D eigenvalue weighted by atomic mass is 9.30. The molecule has 2 aliphatic heterocycles. The predicted molar refractivity (Wildman–Crippen MR) is 256 cm³/mol. The second-order valence-electron chi connectivity index (χ2n) is 17.3. The number of hydrogen-bond donors (Lipinski definition) is 0. The molecule has 3 nitrogen and oxygen atoms in total. The van der Waals surface area contributed by atoms with Crippen LogP contribution in [0, 0.1) is 11.8 Å². The van der Waals surface area contributed by atoms with Crippen molar-refractivity contribution in [3.05, 3.63) is 211 Å². The highest BCUT2D eigenvalue weighted by molar-refractivity contribution is 7.26. The molecule has 0 amide bonds. The molecule has 284 valence electrons. The van der Waals surface area contributed by atoms with Crippen molar-refractivity contribution in [3.63, 3.8) is 0 Å². The first-order chi connectivity index (χ1) is 29.5. The van der Waals surface area contributed by atoms with Crippen LogP contribution in [-0.2, 0) is 5.41 Å². The van der Waals surface area contributed by atoms with Crippen molar-refractivity contribution in [3.8, 4) is 5.69 Å². The largest absolute Gasteiger partial charge is 0.314 e. The fourth-order valence-corrected chi connectivity index (χ4v) is 12.2.